The smallest absolute Gasteiger partial charge is 0.323 e. The minimum atomic E-state index is -2.67. The van der Waals surface area contributed by atoms with Crippen molar-refractivity contribution >= 4 is 5.97 Å². The summed E-state index contributed by atoms with van der Waals surface area (Å²) in [6, 6.07) is -2.67. The molecule has 0 fully saturated rings. The molecule has 0 heterocycles. The SMILES string of the molecule is [2H][C@]([13CH3])(O)[C@@]([2H])(N)C(=O)O. The van der Waals surface area contributed by atoms with Gasteiger partial charge < -0.3 is 15.9 Å². The third-order valence-electron chi connectivity index (χ3n) is 0.620. The fraction of sp³-hybridized carbons (Fsp3) is 0.750. The van der Waals surface area contributed by atoms with Crippen LogP contribution in [0.5, 0.6) is 0 Å². The predicted molar refractivity (Wildman–Crippen MR) is 27.3 cm³/mol. The highest BCUT2D eigenvalue weighted by Gasteiger charge is 2.16. The van der Waals surface area contributed by atoms with Gasteiger partial charge in [-0.15, -0.1) is 0 Å². The van der Waals surface area contributed by atoms with E-state index in [-0.39, 0.29) is 0 Å². The molecule has 0 spiro atoms. The zero-order valence-electron chi connectivity index (χ0n) is 6.38. The van der Waals surface area contributed by atoms with Crippen molar-refractivity contribution in [2.24, 2.45) is 5.73 Å². The van der Waals surface area contributed by atoms with Crippen molar-refractivity contribution in [3.8, 4) is 0 Å². The topological polar surface area (TPSA) is 83.5 Å². The Morgan fingerprint density at radius 2 is 2.38 bits per heavy atom. The molecule has 0 aliphatic heterocycles. The lowest BCUT2D eigenvalue weighted by atomic mass is 10.3. The number of aliphatic hydroxyl groups is 1. The van der Waals surface area contributed by atoms with Crippen molar-refractivity contribution < 1.29 is 17.7 Å². The van der Waals surface area contributed by atoms with E-state index in [0.717, 1.165) is 6.92 Å². The van der Waals surface area contributed by atoms with Crippen LogP contribution in [0.4, 0.5) is 0 Å². The number of carboxylic acids is 1. The molecule has 0 aromatic heterocycles. The van der Waals surface area contributed by atoms with Crippen LogP contribution in [0.15, 0.2) is 0 Å². The number of rotatable bonds is 2. The quantitative estimate of drug-likeness (QED) is 0.401. The summed E-state index contributed by atoms with van der Waals surface area (Å²) >= 11 is 0. The van der Waals surface area contributed by atoms with Gasteiger partial charge in [-0.2, -0.15) is 0 Å². The zero-order chi connectivity index (χ0) is 8.58. The third-order valence-corrected chi connectivity index (χ3v) is 0.620. The van der Waals surface area contributed by atoms with E-state index in [2.05, 4.69) is 0 Å². The van der Waals surface area contributed by atoms with Gasteiger partial charge in [0.25, 0.3) is 0 Å². The molecule has 0 unspecified atom stereocenters. The Morgan fingerprint density at radius 1 is 2.00 bits per heavy atom. The molecule has 4 N–H and O–H groups in total. The second kappa shape index (κ2) is 2.64. The first-order chi connectivity index (χ1) is 4.19. The van der Waals surface area contributed by atoms with E-state index in [4.69, 9.17) is 18.7 Å². The number of aliphatic carboxylic acids is 1. The van der Waals surface area contributed by atoms with Crippen LogP contribution in [0.1, 0.15) is 9.67 Å². The minimum absolute atomic E-state index is 0.841. The first kappa shape index (κ1) is 4.29. The average molecular weight is 122 g/mol. The monoisotopic (exact) mass is 122 g/mol. The van der Waals surface area contributed by atoms with E-state index in [1.165, 1.54) is 0 Å². The van der Waals surface area contributed by atoms with E-state index < -0.39 is 18.1 Å². The maximum Gasteiger partial charge on any atom is 0.323 e. The number of hydrogen-bond donors (Lipinski definition) is 3. The van der Waals surface area contributed by atoms with Crippen LogP contribution in [0.25, 0.3) is 0 Å². The van der Waals surface area contributed by atoms with Gasteiger partial charge in [0, 0.05) is 0 Å². The Labute approximate surface area is 49.7 Å². The van der Waals surface area contributed by atoms with E-state index >= 15 is 0 Å². The highest BCUT2D eigenvalue weighted by Crippen LogP contribution is 1.85. The maximum atomic E-state index is 10.1. The van der Waals surface area contributed by atoms with E-state index in [1.807, 2.05) is 0 Å². The lowest BCUT2D eigenvalue weighted by Gasteiger charge is -2.06. The Bertz CT molecular complexity index is 151. The fourth-order valence-electron chi connectivity index (χ4n) is 0.155. The molecule has 0 radical (unpaired) electrons. The molecule has 0 bridgehead atoms. The highest BCUT2D eigenvalue weighted by molar-refractivity contribution is 5.73. The van der Waals surface area contributed by atoms with Crippen LogP contribution in [-0.2, 0) is 4.79 Å². The summed E-state index contributed by atoms with van der Waals surface area (Å²) in [5.74, 6) is -1.73. The molecule has 0 aliphatic carbocycles. The van der Waals surface area contributed by atoms with Gasteiger partial charge in [-0.1, -0.05) is 0 Å². The summed E-state index contributed by atoms with van der Waals surface area (Å²) in [4.78, 5) is 10.1. The van der Waals surface area contributed by atoms with Gasteiger partial charge in [-0.3, -0.25) is 4.79 Å². The Hall–Kier alpha value is -0.610. The van der Waals surface area contributed by atoms with Crippen LogP contribution in [-0.4, -0.2) is 28.3 Å². The van der Waals surface area contributed by atoms with Crippen molar-refractivity contribution in [1.29, 1.82) is 0 Å². The Balaban J connectivity index is 4.57. The van der Waals surface area contributed by atoms with E-state index in [1.54, 1.807) is 0 Å². The van der Waals surface area contributed by atoms with Gasteiger partial charge in [0.15, 0.2) is 0 Å². The molecule has 0 amide bonds. The van der Waals surface area contributed by atoms with E-state index in [0.29, 0.717) is 0 Å². The molecule has 4 heteroatoms. The maximum absolute atomic E-state index is 10.1. The summed E-state index contributed by atoms with van der Waals surface area (Å²) in [5.41, 5.74) is 4.77. The Morgan fingerprint density at radius 3 is 2.38 bits per heavy atom. The summed E-state index contributed by atoms with van der Waals surface area (Å²) in [6.07, 6.45) is -2.49. The average Bonchev–Trinajstić information content (AvgIpc) is 1.62. The second-order valence-electron chi connectivity index (χ2n) is 1.30. The second-order valence-corrected chi connectivity index (χ2v) is 1.30. The molecular weight excluding hydrogens is 111 g/mol. The van der Waals surface area contributed by atoms with Crippen molar-refractivity contribution in [3.63, 3.8) is 0 Å². The summed E-state index contributed by atoms with van der Waals surface area (Å²) in [7, 11) is 0. The van der Waals surface area contributed by atoms with Gasteiger partial charge in [0.1, 0.15) is 6.02 Å². The molecule has 0 aliphatic rings. The summed E-state index contributed by atoms with van der Waals surface area (Å²) in [5, 5.41) is 16.9. The lowest BCUT2D eigenvalue weighted by Crippen LogP contribution is -2.39. The first-order valence-corrected chi connectivity index (χ1v) is 1.94. The molecule has 0 saturated heterocycles. The molecule has 2 atom stereocenters. The lowest BCUT2D eigenvalue weighted by molar-refractivity contribution is -0.140. The number of carboxylic acid groups (broad SMARTS) is 1. The van der Waals surface area contributed by atoms with Crippen LogP contribution >= 0.6 is 0 Å². The number of carbonyl (C=O) groups is 1. The summed E-state index contributed by atoms with van der Waals surface area (Å²) < 4.78 is 13.5. The van der Waals surface area contributed by atoms with Crippen LogP contribution in [0.3, 0.4) is 0 Å². The van der Waals surface area contributed by atoms with Crippen LogP contribution < -0.4 is 5.73 Å². The van der Waals surface area contributed by atoms with Crippen LogP contribution in [0, 0.1) is 0 Å². The van der Waals surface area contributed by atoms with E-state index in [9.17, 15) is 4.79 Å². The minimum Gasteiger partial charge on any atom is -0.480 e. The zero-order valence-corrected chi connectivity index (χ0v) is 4.38. The fourth-order valence-corrected chi connectivity index (χ4v) is 0.155. The summed E-state index contributed by atoms with van der Waals surface area (Å²) in [6.45, 7) is 0.841. The van der Waals surface area contributed by atoms with Gasteiger partial charge in [0.2, 0.25) is 0 Å². The molecule has 4 nitrogen and oxygen atoms in total. The highest BCUT2D eigenvalue weighted by atomic mass is 16.4. The largest absolute Gasteiger partial charge is 0.480 e. The van der Waals surface area contributed by atoms with Crippen molar-refractivity contribution in [2.45, 2.75) is 19.0 Å². The normalized spacial score (nSPS) is 28.9. The molecule has 0 aromatic carbocycles. The molecule has 0 rings (SSSR count). The standard InChI is InChI=1S/C4H9NO3/c1-2(6)3(5)4(7)8/h2-3,6H,5H2,1H3,(H,7,8)/t2-,3-/m1/s1/i1+1,2D,3D. The van der Waals surface area contributed by atoms with Gasteiger partial charge in [-0.05, 0) is 6.92 Å². The number of nitrogens with two attached hydrogens (primary N) is 1. The van der Waals surface area contributed by atoms with Gasteiger partial charge >= 0.3 is 5.97 Å². The van der Waals surface area contributed by atoms with Crippen LogP contribution in [0.2, 0.25) is 0 Å². The Kier molecular flexibility index (Phi) is 1.41. The van der Waals surface area contributed by atoms with Gasteiger partial charge in [-0.25, -0.2) is 0 Å². The predicted octanol–water partition coefficient (Wildman–Crippen LogP) is -1.22. The third kappa shape index (κ3) is 1.90. The van der Waals surface area contributed by atoms with Crippen molar-refractivity contribution in [1.82, 2.24) is 0 Å². The van der Waals surface area contributed by atoms with Gasteiger partial charge in [0.05, 0.1) is 8.82 Å². The molecule has 8 heavy (non-hydrogen) atoms. The first-order valence-electron chi connectivity index (χ1n) is 2.94. The molecule has 0 saturated carbocycles. The number of hydrogen-bond acceptors (Lipinski definition) is 3. The van der Waals surface area contributed by atoms with Crippen molar-refractivity contribution in [2.75, 3.05) is 0 Å². The molecule has 0 aromatic rings. The van der Waals surface area contributed by atoms with Crippen molar-refractivity contribution in [3.05, 3.63) is 0 Å². The molecular formula is C4H9NO3. The molecule has 48 valence electrons.